The van der Waals surface area contributed by atoms with Crippen molar-refractivity contribution in [1.82, 2.24) is 5.32 Å². The van der Waals surface area contributed by atoms with Crippen LogP contribution in [-0.2, 0) is 20.7 Å². The fourth-order valence-electron chi connectivity index (χ4n) is 2.85. The molecule has 0 fully saturated rings. The van der Waals surface area contributed by atoms with Crippen LogP contribution in [0.4, 0.5) is 9.59 Å². The van der Waals surface area contributed by atoms with Crippen LogP contribution < -0.4 is 15.7 Å². The van der Waals surface area contributed by atoms with E-state index in [2.05, 4.69) is 5.32 Å². The molecule has 0 saturated heterocycles. The van der Waals surface area contributed by atoms with Crippen molar-refractivity contribution >= 4 is 29.2 Å². The quantitative estimate of drug-likeness (QED) is 0.369. The molecule has 1 aromatic carbocycles. The van der Waals surface area contributed by atoms with Gasteiger partial charge in [0.1, 0.15) is 28.6 Å². The van der Waals surface area contributed by atoms with E-state index in [9.17, 15) is 24.3 Å². The molecule has 1 unspecified atom stereocenters. The number of carboxylic acid groups (broad SMARTS) is 1. The third kappa shape index (κ3) is 8.47. The van der Waals surface area contributed by atoms with E-state index in [4.69, 9.17) is 18.6 Å². The molecule has 180 valence electrons. The lowest BCUT2D eigenvalue weighted by Crippen LogP contribution is -2.43. The molecule has 2 N–H and O–H groups in total. The molecule has 0 aliphatic rings. The molecule has 2 rings (SSSR count). The van der Waals surface area contributed by atoms with Gasteiger partial charge in [0.15, 0.2) is 0 Å². The van der Waals surface area contributed by atoms with Gasteiger partial charge in [0.2, 0.25) is 0 Å². The molecule has 0 radical (unpaired) electrons. The molecule has 0 aliphatic heterocycles. The summed E-state index contributed by atoms with van der Waals surface area (Å²) in [6, 6.07) is 4.49. The highest BCUT2D eigenvalue weighted by atomic mass is 16.7. The molecular formula is C23H29NO9. The van der Waals surface area contributed by atoms with Crippen LogP contribution >= 0.6 is 0 Å². The van der Waals surface area contributed by atoms with Gasteiger partial charge >= 0.3 is 23.8 Å². The number of nitrogens with one attached hydrogen (secondary N) is 1. The van der Waals surface area contributed by atoms with Crippen molar-refractivity contribution in [2.24, 2.45) is 0 Å². The lowest BCUT2D eigenvalue weighted by Gasteiger charge is -2.22. The molecule has 1 atom stereocenters. The van der Waals surface area contributed by atoms with Crippen molar-refractivity contribution in [3.63, 3.8) is 0 Å². The highest BCUT2D eigenvalue weighted by Gasteiger charge is 2.24. The van der Waals surface area contributed by atoms with Gasteiger partial charge in [-0.15, -0.1) is 0 Å². The molecule has 1 heterocycles. The van der Waals surface area contributed by atoms with Gasteiger partial charge in [-0.3, -0.25) is 0 Å². The maximum absolute atomic E-state index is 12.0. The summed E-state index contributed by atoms with van der Waals surface area (Å²) in [5.74, 6) is -1.12. The van der Waals surface area contributed by atoms with Crippen molar-refractivity contribution in [2.75, 3.05) is 0 Å². The Morgan fingerprint density at radius 1 is 1.03 bits per heavy atom. The van der Waals surface area contributed by atoms with Crippen molar-refractivity contribution in [2.45, 2.75) is 71.6 Å². The Morgan fingerprint density at radius 2 is 1.67 bits per heavy atom. The largest absolute Gasteiger partial charge is 0.514 e. The van der Waals surface area contributed by atoms with E-state index in [0.29, 0.717) is 10.9 Å². The van der Waals surface area contributed by atoms with Crippen molar-refractivity contribution in [1.29, 1.82) is 0 Å². The number of rotatable bonds is 6. The normalized spacial score (nSPS) is 12.7. The Balaban J connectivity index is 2.19. The summed E-state index contributed by atoms with van der Waals surface area (Å²) < 4.78 is 20.5. The monoisotopic (exact) mass is 463 g/mol. The number of carbonyl (C=O) groups is 3. The Morgan fingerprint density at radius 3 is 2.24 bits per heavy atom. The third-order valence-corrected chi connectivity index (χ3v) is 4.08. The van der Waals surface area contributed by atoms with Gasteiger partial charge in [-0.1, -0.05) is 0 Å². The van der Waals surface area contributed by atoms with Gasteiger partial charge in [-0.05, 0) is 72.1 Å². The number of hydrogen-bond acceptors (Lipinski definition) is 8. The Kier molecular flexibility index (Phi) is 7.73. The zero-order valence-corrected chi connectivity index (χ0v) is 19.5. The molecule has 10 nitrogen and oxygen atoms in total. The minimum atomic E-state index is -1.24. The molecule has 10 heteroatoms. The Hall–Kier alpha value is -3.56. The summed E-state index contributed by atoms with van der Waals surface area (Å²) in [5.41, 5.74) is -1.49. The Bertz CT molecular complexity index is 1090. The van der Waals surface area contributed by atoms with Crippen LogP contribution in [0.3, 0.4) is 0 Å². The number of alkyl carbamates (subject to hydrolysis) is 1. The second-order valence-electron chi connectivity index (χ2n) is 9.39. The molecule has 0 spiro atoms. The van der Waals surface area contributed by atoms with Crippen LogP contribution in [0.5, 0.6) is 5.75 Å². The van der Waals surface area contributed by atoms with E-state index in [1.54, 1.807) is 47.6 Å². The van der Waals surface area contributed by atoms with Gasteiger partial charge in [0.05, 0.1) is 0 Å². The van der Waals surface area contributed by atoms with Gasteiger partial charge in [0, 0.05) is 17.5 Å². The van der Waals surface area contributed by atoms with Crippen LogP contribution in [0.1, 0.15) is 53.5 Å². The number of carbonyl (C=O) groups excluding carboxylic acids is 2. The van der Waals surface area contributed by atoms with Gasteiger partial charge in [-0.25, -0.2) is 19.2 Å². The molecule has 1 amide bonds. The van der Waals surface area contributed by atoms with Crippen LogP contribution in [0, 0.1) is 0 Å². The van der Waals surface area contributed by atoms with Crippen LogP contribution in [0.25, 0.3) is 11.0 Å². The summed E-state index contributed by atoms with van der Waals surface area (Å²) in [4.78, 5) is 47.4. The fraction of sp³-hybridized carbons (Fsp3) is 0.478. The maximum Gasteiger partial charge on any atom is 0.514 e. The third-order valence-electron chi connectivity index (χ3n) is 4.08. The lowest BCUT2D eigenvalue weighted by atomic mass is 10.0. The average molecular weight is 463 g/mol. The molecule has 33 heavy (non-hydrogen) atoms. The Labute approximate surface area is 190 Å². The summed E-state index contributed by atoms with van der Waals surface area (Å²) in [6.45, 7) is 10.1. The molecule has 0 bridgehead atoms. The topological polar surface area (TPSA) is 141 Å². The first-order valence-corrected chi connectivity index (χ1v) is 10.3. The first-order valence-electron chi connectivity index (χ1n) is 10.3. The smallest absolute Gasteiger partial charge is 0.480 e. The number of benzene rings is 1. The molecule has 0 aliphatic carbocycles. The minimum absolute atomic E-state index is 0.00326. The summed E-state index contributed by atoms with van der Waals surface area (Å²) in [5, 5.41) is 12.3. The SMILES string of the molecule is CC(C)(C)OC(=O)NC(CCc1cc(=O)oc2cc(OC(=O)OC(C)(C)C)ccc12)C(=O)O. The number of ether oxygens (including phenoxy) is 3. The number of hydrogen-bond donors (Lipinski definition) is 2. The predicted octanol–water partition coefficient (Wildman–Crippen LogP) is 4.02. The highest BCUT2D eigenvalue weighted by Crippen LogP contribution is 2.24. The van der Waals surface area contributed by atoms with E-state index >= 15 is 0 Å². The first-order chi connectivity index (χ1) is 15.1. The number of amides is 1. The van der Waals surface area contributed by atoms with E-state index in [1.807, 2.05) is 0 Å². The van der Waals surface area contributed by atoms with Gasteiger partial charge < -0.3 is 29.1 Å². The lowest BCUT2D eigenvalue weighted by molar-refractivity contribution is -0.139. The van der Waals surface area contributed by atoms with Crippen molar-refractivity contribution in [3.05, 3.63) is 40.2 Å². The predicted molar refractivity (Wildman–Crippen MR) is 118 cm³/mol. The van der Waals surface area contributed by atoms with Crippen molar-refractivity contribution in [3.8, 4) is 5.75 Å². The molecule has 2 aromatic rings. The molecule has 0 saturated carbocycles. The summed E-state index contributed by atoms with van der Waals surface area (Å²) in [6.07, 6.45) is -1.60. The van der Waals surface area contributed by atoms with E-state index in [0.717, 1.165) is 0 Å². The number of carboxylic acids is 1. The van der Waals surface area contributed by atoms with Crippen LogP contribution in [-0.4, -0.2) is 40.6 Å². The van der Waals surface area contributed by atoms with E-state index in [1.165, 1.54) is 18.2 Å². The highest BCUT2D eigenvalue weighted by molar-refractivity contribution is 5.83. The first kappa shape index (κ1) is 25.7. The maximum atomic E-state index is 12.0. The average Bonchev–Trinajstić information content (AvgIpc) is 2.61. The summed E-state index contributed by atoms with van der Waals surface area (Å²) >= 11 is 0. The van der Waals surface area contributed by atoms with Crippen LogP contribution in [0.2, 0.25) is 0 Å². The van der Waals surface area contributed by atoms with Crippen LogP contribution in [0.15, 0.2) is 33.5 Å². The standard InChI is InChI=1S/C23H29NO9/c1-22(2,3)32-20(28)24-16(19(26)27)10-7-13-11-18(25)31-17-12-14(8-9-15(13)17)30-21(29)33-23(4,5)6/h8-9,11-12,16H,7,10H2,1-6H3,(H,24,28)(H,26,27). The van der Waals surface area contributed by atoms with Gasteiger partial charge in [-0.2, -0.15) is 0 Å². The summed E-state index contributed by atoms with van der Waals surface area (Å²) in [7, 11) is 0. The number of aliphatic carboxylic acids is 1. The fourth-order valence-corrected chi connectivity index (χ4v) is 2.85. The zero-order chi connectivity index (χ0) is 25.0. The molecule has 1 aromatic heterocycles. The second-order valence-corrected chi connectivity index (χ2v) is 9.39. The van der Waals surface area contributed by atoms with E-state index < -0.39 is 41.1 Å². The number of aryl methyl sites for hydroxylation is 1. The van der Waals surface area contributed by atoms with E-state index in [-0.39, 0.29) is 24.2 Å². The van der Waals surface area contributed by atoms with Gasteiger partial charge in [0.25, 0.3) is 0 Å². The molecular weight excluding hydrogens is 434 g/mol. The minimum Gasteiger partial charge on any atom is -0.480 e. The zero-order valence-electron chi connectivity index (χ0n) is 19.5. The second kappa shape index (κ2) is 9.93. The number of fused-ring (bicyclic) bond motifs is 1. The van der Waals surface area contributed by atoms with Crippen molar-refractivity contribution < 1.29 is 38.1 Å².